The first kappa shape index (κ1) is 14.7. The van der Waals surface area contributed by atoms with Gasteiger partial charge in [-0.15, -0.1) is 0 Å². The van der Waals surface area contributed by atoms with Gasteiger partial charge in [0.1, 0.15) is 5.82 Å². The summed E-state index contributed by atoms with van der Waals surface area (Å²) in [6, 6.07) is 0. The fourth-order valence-electron chi connectivity index (χ4n) is 1.53. The second-order valence-corrected chi connectivity index (χ2v) is 4.52. The number of nitrogens with zero attached hydrogens (tertiary/aromatic N) is 3. The predicted octanol–water partition coefficient (Wildman–Crippen LogP) is 1.49. The maximum atomic E-state index is 11.8. The van der Waals surface area contributed by atoms with Gasteiger partial charge in [0.2, 0.25) is 11.9 Å². The van der Waals surface area contributed by atoms with E-state index in [2.05, 4.69) is 31.2 Å². The quantitative estimate of drug-likeness (QED) is 0.831. The molecule has 0 bridgehead atoms. The van der Waals surface area contributed by atoms with Crippen molar-refractivity contribution in [1.29, 1.82) is 0 Å². The molecule has 0 aliphatic rings. The number of nitrogens with one attached hydrogen (secondary N) is 1. The van der Waals surface area contributed by atoms with Crippen molar-refractivity contribution in [2.45, 2.75) is 20.3 Å². The second kappa shape index (κ2) is 7.15. The number of hydrogen-bond donors (Lipinski definition) is 2. The third-order valence-electron chi connectivity index (χ3n) is 2.51. The van der Waals surface area contributed by atoms with Crippen molar-refractivity contribution in [2.24, 2.45) is 0 Å². The minimum Gasteiger partial charge on any atom is -0.368 e. The lowest BCUT2D eigenvalue weighted by atomic mass is 10.3. The molecule has 7 heteroatoms. The molecule has 1 heterocycles. The van der Waals surface area contributed by atoms with Crippen molar-refractivity contribution < 1.29 is 4.79 Å². The molecule has 0 spiro atoms. The first-order valence-corrected chi connectivity index (χ1v) is 6.67. The molecule has 0 aliphatic heterocycles. The summed E-state index contributed by atoms with van der Waals surface area (Å²) >= 11 is 3.32. The molecule has 1 aromatic rings. The minimum absolute atomic E-state index is 0.130. The van der Waals surface area contributed by atoms with E-state index in [0.717, 1.165) is 17.6 Å². The Morgan fingerprint density at radius 1 is 1.50 bits per heavy atom. The van der Waals surface area contributed by atoms with E-state index in [1.165, 1.54) is 0 Å². The van der Waals surface area contributed by atoms with Gasteiger partial charge in [-0.25, -0.2) is 4.98 Å². The van der Waals surface area contributed by atoms with E-state index in [1.807, 2.05) is 13.8 Å². The molecule has 18 heavy (non-hydrogen) atoms. The monoisotopic (exact) mass is 315 g/mol. The van der Waals surface area contributed by atoms with Gasteiger partial charge in [-0.3, -0.25) is 4.79 Å². The molecule has 1 aromatic heterocycles. The van der Waals surface area contributed by atoms with Crippen molar-refractivity contribution >= 4 is 33.6 Å². The van der Waals surface area contributed by atoms with Crippen LogP contribution in [-0.4, -0.2) is 40.4 Å². The van der Waals surface area contributed by atoms with E-state index in [9.17, 15) is 4.79 Å². The van der Waals surface area contributed by atoms with E-state index in [1.54, 1.807) is 11.1 Å². The summed E-state index contributed by atoms with van der Waals surface area (Å²) in [4.78, 5) is 21.4. The molecule has 0 radical (unpaired) electrons. The van der Waals surface area contributed by atoms with Crippen LogP contribution in [-0.2, 0) is 4.79 Å². The molecular weight excluding hydrogens is 298 g/mol. The summed E-state index contributed by atoms with van der Waals surface area (Å²) in [5, 5.41) is 3.06. The molecule has 100 valence electrons. The van der Waals surface area contributed by atoms with Gasteiger partial charge >= 0.3 is 0 Å². The van der Waals surface area contributed by atoms with E-state index < -0.39 is 0 Å². The van der Waals surface area contributed by atoms with Crippen LogP contribution >= 0.6 is 15.9 Å². The van der Waals surface area contributed by atoms with Crippen molar-refractivity contribution in [3.8, 4) is 0 Å². The van der Waals surface area contributed by atoms with Gasteiger partial charge < -0.3 is 16.0 Å². The van der Waals surface area contributed by atoms with Crippen LogP contribution in [0.4, 0.5) is 11.8 Å². The number of hydrogen-bond acceptors (Lipinski definition) is 5. The summed E-state index contributed by atoms with van der Waals surface area (Å²) in [6.45, 7) is 5.93. The number of nitrogens with two attached hydrogens (primary N) is 1. The summed E-state index contributed by atoms with van der Waals surface area (Å²) in [5.74, 6) is 0.941. The minimum atomic E-state index is 0.130. The highest BCUT2D eigenvalue weighted by molar-refractivity contribution is 9.10. The number of aromatic nitrogens is 2. The zero-order valence-corrected chi connectivity index (χ0v) is 12.2. The van der Waals surface area contributed by atoms with Gasteiger partial charge in [-0.2, -0.15) is 4.98 Å². The zero-order chi connectivity index (χ0) is 13.5. The zero-order valence-electron chi connectivity index (χ0n) is 10.6. The van der Waals surface area contributed by atoms with E-state index in [-0.39, 0.29) is 11.9 Å². The van der Waals surface area contributed by atoms with Gasteiger partial charge in [0.05, 0.1) is 4.47 Å². The van der Waals surface area contributed by atoms with Gasteiger partial charge in [0, 0.05) is 32.3 Å². The molecular formula is C11H18BrN5O. The van der Waals surface area contributed by atoms with Crippen molar-refractivity contribution in [2.75, 3.05) is 30.7 Å². The number of nitrogen functional groups attached to an aromatic ring is 1. The highest BCUT2D eigenvalue weighted by atomic mass is 79.9. The fraction of sp³-hybridized carbons (Fsp3) is 0.545. The molecule has 1 amide bonds. The summed E-state index contributed by atoms with van der Waals surface area (Å²) < 4.78 is 0.729. The Morgan fingerprint density at radius 3 is 2.78 bits per heavy atom. The largest absolute Gasteiger partial charge is 0.368 e. The van der Waals surface area contributed by atoms with Crippen LogP contribution in [0.3, 0.4) is 0 Å². The van der Waals surface area contributed by atoms with Gasteiger partial charge in [0.25, 0.3) is 0 Å². The molecule has 0 unspecified atom stereocenters. The average Bonchev–Trinajstić information content (AvgIpc) is 2.35. The van der Waals surface area contributed by atoms with E-state index in [0.29, 0.717) is 18.8 Å². The fourth-order valence-corrected chi connectivity index (χ4v) is 1.86. The number of amides is 1. The van der Waals surface area contributed by atoms with Crippen LogP contribution < -0.4 is 11.1 Å². The van der Waals surface area contributed by atoms with Crippen molar-refractivity contribution in [3.63, 3.8) is 0 Å². The molecule has 1 rings (SSSR count). The topological polar surface area (TPSA) is 84.1 Å². The highest BCUT2D eigenvalue weighted by Gasteiger charge is 2.09. The molecule has 3 N–H and O–H groups in total. The molecule has 0 saturated carbocycles. The Kier molecular flexibility index (Phi) is 5.84. The van der Waals surface area contributed by atoms with Crippen LogP contribution in [0.25, 0.3) is 0 Å². The third-order valence-corrected chi connectivity index (χ3v) is 3.09. The highest BCUT2D eigenvalue weighted by Crippen LogP contribution is 2.18. The molecule has 0 saturated heterocycles. The predicted molar refractivity (Wildman–Crippen MR) is 75.2 cm³/mol. The molecule has 0 aliphatic carbocycles. The molecule has 6 nitrogen and oxygen atoms in total. The lowest BCUT2D eigenvalue weighted by Gasteiger charge is -2.18. The van der Waals surface area contributed by atoms with Gasteiger partial charge in [0.15, 0.2) is 0 Å². The van der Waals surface area contributed by atoms with Crippen LogP contribution in [0.2, 0.25) is 0 Å². The lowest BCUT2D eigenvalue weighted by molar-refractivity contribution is -0.130. The van der Waals surface area contributed by atoms with Crippen molar-refractivity contribution in [1.82, 2.24) is 14.9 Å². The Morgan fingerprint density at radius 2 is 2.17 bits per heavy atom. The Bertz CT molecular complexity index is 408. The summed E-state index contributed by atoms with van der Waals surface area (Å²) in [7, 11) is 0. The maximum Gasteiger partial charge on any atom is 0.224 e. The molecule has 0 fully saturated rings. The lowest BCUT2D eigenvalue weighted by Crippen LogP contribution is -2.31. The van der Waals surface area contributed by atoms with Gasteiger partial charge in [-0.1, -0.05) is 0 Å². The second-order valence-electron chi connectivity index (χ2n) is 3.67. The number of carbonyl (C=O) groups excluding carboxylic acids is 1. The summed E-state index contributed by atoms with van der Waals surface area (Å²) in [5.41, 5.74) is 5.49. The molecule has 0 aromatic carbocycles. The van der Waals surface area contributed by atoms with Crippen LogP contribution in [0.15, 0.2) is 10.7 Å². The average molecular weight is 316 g/mol. The number of rotatable bonds is 6. The Balaban J connectivity index is 2.46. The Labute approximate surface area is 115 Å². The van der Waals surface area contributed by atoms with Crippen LogP contribution in [0.5, 0.6) is 0 Å². The number of anilines is 2. The smallest absolute Gasteiger partial charge is 0.224 e. The van der Waals surface area contributed by atoms with Crippen LogP contribution in [0, 0.1) is 0 Å². The first-order chi connectivity index (χ1) is 8.58. The number of halogens is 1. The number of carbonyl (C=O) groups is 1. The van der Waals surface area contributed by atoms with E-state index in [4.69, 9.17) is 5.73 Å². The summed E-state index contributed by atoms with van der Waals surface area (Å²) in [6.07, 6.45) is 2.01. The van der Waals surface area contributed by atoms with Crippen molar-refractivity contribution in [3.05, 3.63) is 10.7 Å². The standard InChI is InChI=1S/C11H18BrN5O/c1-3-17(4-2)9(18)5-6-14-10-8(12)7-15-11(13)16-10/h7H,3-6H2,1-2H3,(H3,13,14,15,16). The third kappa shape index (κ3) is 4.14. The first-order valence-electron chi connectivity index (χ1n) is 5.88. The molecule has 0 atom stereocenters. The SMILES string of the molecule is CCN(CC)C(=O)CCNc1nc(N)ncc1Br. The normalized spacial score (nSPS) is 10.2. The van der Waals surface area contributed by atoms with E-state index >= 15 is 0 Å². The Hall–Kier alpha value is -1.37. The maximum absolute atomic E-state index is 11.8. The van der Waals surface area contributed by atoms with Gasteiger partial charge in [-0.05, 0) is 29.8 Å². The van der Waals surface area contributed by atoms with Crippen LogP contribution in [0.1, 0.15) is 20.3 Å².